The van der Waals surface area contributed by atoms with Gasteiger partial charge in [0.2, 0.25) is 5.78 Å². The van der Waals surface area contributed by atoms with Crippen LogP contribution in [0.1, 0.15) is 26.3 Å². The van der Waals surface area contributed by atoms with Gasteiger partial charge in [-0.15, -0.1) is 0 Å². The molecule has 3 aromatic rings. The maximum Gasteiger partial charge on any atom is 0.348 e. The van der Waals surface area contributed by atoms with Crippen molar-refractivity contribution in [3.05, 3.63) is 123 Å². The van der Waals surface area contributed by atoms with Crippen molar-refractivity contribution < 1.29 is 24.2 Å². The number of hydrogen-bond acceptors (Lipinski definition) is 7. The van der Waals surface area contributed by atoms with Crippen molar-refractivity contribution in [2.45, 2.75) is 5.72 Å². The highest BCUT2D eigenvalue weighted by Gasteiger charge is 2.56. The first-order valence-electron chi connectivity index (χ1n) is 11.4. The van der Waals surface area contributed by atoms with E-state index in [-0.39, 0.29) is 28.0 Å². The Morgan fingerprint density at radius 1 is 0.972 bits per heavy atom. The molecule has 0 bridgehead atoms. The lowest BCUT2D eigenvalue weighted by molar-refractivity contribution is -0.130. The van der Waals surface area contributed by atoms with Crippen LogP contribution in [-0.4, -0.2) is 40.6 Å². The Morgan fingerprint density at radius 3 is 2.42 bits per heavy atom. The number of esters is 1. The number of rotatable bonds is 3. The molecule has 0 amide bonds. The molecule has 2 N–H and O–H groups in total. The molecule has 0 saturated carbocycles. The van der Waals surface area contributed by atoms with Gasteiger partial charge in [-0.3, -0.25) is 9.59 Å². The molecule has 0 spiro atoms. The number of nitrogens with zero attached hydrogens (tertiary/aromatic N) is 1. The number of aliphatic hydroxyl groups is 1. The van der Waals surface area contributed by atoms with Gasteiger partial charge in [0.15, 0.2) is 11.5 Å². The van der Waals surface area contributed by atoms with Gasteiger partial charge in [-0.1, -0.05) is 54.1 Å². The van der Waals surface area contributed by atoms with E-state index in [0.29, 0.717) is 35.1 Å². The third kappa shape index (κ3) is 3.13. The molecular formula is C28H19ClN2O5. The third-order valence-electron chi connectivity index (χ3n) is 6.65. The summed E-state index contributed by atoms with van der Waals surface area (Å²) in [6, 6.07) is 21.4. The van der Waals surface area contributed by atoms with Crippen LogP contribution in [0.25, 0.3) is 0 Å². The summed E-state index contributed by atoms with van der Waals surface area (Å²) in [5.74, 6) is -1.52. The first-order valence-corrected chi connectivity index (χ1v) is 11.7. The van der Waals surface area contributed by atoms with Gasteiger partial charge in [-0.25, -0.2) is 4.79 Å². The van der Waals surface area contributed by atoms with E-state index in [4.69, 9.17) is 16.3 Å². The number of carbonyl (C=O) groups is 3. The molecule has 0 aromatic heterocycles. The van der Waals surface area contributed by atoms with Gasteiger partial charge in [0.25, 0.3) is 0 Å². The van der Waals surface area contributed by atoms with Gasteiger partial charge in [-0.05, 0) is 36.4 Å². The minimum absolute atomic E-state index is 0.0425. The van der Waals surface area contributed by atoms with Crippen molar-refractivity contribution >= 4 is 29.1 Å². The molecule has 3 aliphatic heterocycles. The predicted molar refractivity (Wildman–Crippen MR) is 131 cm³/mol. The lowest BCUT2D eigenvalue weighted by atomic mass is 9.82. The number of Topliss-reactive ketones (excluding diaryl/α,β-unsaturated/α-hetero) is 2. The van der Waals surface area contributed by atoms with Gasteiger partial charge in [0.05, 0.1) is 11.1 Å². The molecule has 1 saturated heterocycles. The van der Waals surface area contributed by atoms with Crippen LogP contribution in [0.4, 0.5) is 0 Å². The number of halogens is 1. The summed E-state index contributed by atoms with van der Waals surface area (Å²) in [6.07, 6.45) is 0. The zero-order valence-corrected chi connectivity index (χ0v) is 19.6. The topological polar surface area (TPSA) is 95.9 Å². The van der Waals surface area contributed by atoms with E-state index in [1.54, 1.807) is 77.7 Å². The maximum atomic E-state index is 14.0. The third-order valence-corrected chi connectivity index (χ3v) is 6.90. The second-order valence-electron chi connectivity index (χ2n) is 8.64. The molecule has 3 aliphatic rings. The average molecular weight is 499 g/mol. The molecule has 178 valence electrons. The molecule has 3 aromatic carbocycles. The first kappa shape index (κ1) is 22.3. The zero-order valence-electron chi connectivity index (χ0n) is 18.8. The average Bonchev–Trinajstić information content (AvgIpc) is 3.46. The standard InChI is InChI=1S/C28H19ClN2O5/c29-18-12-10-16(11-13-18)24(32)21-23(22-25(33)19-8-4-5-9-20(19)36-27(22)34)28(35,17-6-2-1-3-7-17)31-15-14-30-26(21)31/h1-13,30,35H,14-15H2. The quantitative estimate of drug-likeness (QED) is 0.187. The highest BCUT2D eigenvalue weighted by molar-refractivity contribution is 6.31. The number of hydrogen-bond donors (Lipinski definition) is 2. The van der Waals surface area contributed by atoms with Gasteiger partial charge >= 0.3 is 5.97 Å². The van der Waals surface area contributed by atoms with Crippen molar-refractivity contribution in [3.63, 3.8) is 0 Å². The molecule has 1 fully saturated rings. The van der Waals surface area contributed by atoms with Crippen molar-refractivity contribution in [1.82, 2.24) is 10.2 Å². The number of carbonyl (C=O) groups excluding carboxylic acids is 3. The Morgan fingerprint density at radius 2 is 1.67 bits per heavy atom. The van der Waals surface area contributed by atoms with Crippen LogP contribution in [-0.2, 0) is 10.5 Å². The highest BCUT2D eigenvalue weighted by Crippen LogP contribution is 2.50. The molecule has 0 radical (unpaired) electrons. The smallest absolute Gasteiger partial charge is 0.348 e. The number of nitrogens with one attached hydrogen (secondary N) is 1. The Hall–Kier alpha value is -4.20. The number of benzene rings is 3. The van der Waals surface area contributed by atoms with E-state index in [9.17, 15) is 19.5 Å². The molecule has 1 atom stereocenters. The molecule has 0 aliphatic carbocycles. The SMILES string of the molecule is O=C1Oc2ccccc2C(=O)C1=C1C(C(=O)c2ccc(Cl)cc2)=C2NCCN2C1(O)c1ccccc1. The van der Waals surface area contributed by atoms with Crippen LogP contribution in [0.2, 0.25) is 5.02 Å². The minimum atomic E-state index is -1.96. The van der Waals surface area contributed by atoms with E-state index in [0.717, 1.165) is 0 Å². The van der Waals surface area contributed by atoms with Crippen LogP contribution < -0.4 is 10.1 Å². The number of ketones is 2. The van der Waals surface area contributed by atoms with Crippen LogP contribution in [0.3, 0.4) is 0 Å². The van der Waals surface area contributed by atoms with Crippen molar-refractivity contribution in [3.8, 4) is 5.75 Å². The highest BCUT2D eigenvalue weighted by atomic mass is 35.5. The fraction of sp³-hybridized carbons (Fsp3) is 0.107. The molecule has 3 heterocycles. The minimum Gasteiger partial charge on any atom is -0.422 e. The van der Waals surface area contributed by atoms with E-state index in [1.165, 1.54) is 6.07 Å². The number of ether oxygens (including phenoxy) is 1. The molecule has 1 unspecified atom stereocenters. The van der Waals surface area contributed by atoms with Gasteiger partial charge in [0, 0.05) is 34.8 Å². The van der Waals surface area contributed by atoms with E-state index < -0.39 is 23.3 Å². The monoisotopic (exact) mass is 498 g/mol. The Kier molecular flexibility index (Phi) is 5.07. The second-order valence-corrected chi connectivity index (χ2v) is 9.08. The Balaban J connectivity index is 1.66. The van der Waals surface area contributed by atoms with E-state index in [1.807, 2.05) is 0 Å². The lowest BCUT2D eigenvalue weighted by Gasteiger charge is -2.36. The summed E-state index contributed by atoms with van der Waals surface area (Å²) >= 11 is 6.03. The van der Waals surface area contributed by atoms with Crippen LogP contribution >= 0.6 is 11.6 Å². The summed E-state index contributed by atoms with van der Waals surface area (Å²) in [6.45, 7) is 0.806. The van der Waals surface area contributed by atoms with Gasteiger partial charge in [0.1, 0.15) is 17.1 Å². The van der Waals surface area contributed by atoms with Gasteiger partial charge < -0.3 is 20.1 Å². The predicted octanol–water partition coefficient (Wildman–Crippen LogP) is 3.60. The van der Waals surface area contributed by atoms with Crippen LogP contribution in [0.15, 0.2) is 101 Å². The first-order chi connectivity index (χ1) is 17.4. The molecule has 36 heavy (non-hydrogen) atoms. The summed E-state index contributed by atoms with van der Waals surface area (Å²) < 4.78 is 5.51. The summed E-state index contributed by atoms with van der Waals surface area (Å²) in [4.78, 5) is 42.7. The lowest BCUT2D eigenvalue weighted by Crippen LogP contribution is -2.44. The van der Waals surface area contributed by atoms with Crippen LogP contribution in [0, 0.1) is 0 Å². The largest absolute Gasteiger partial charge is 0.422 e. The molecular weight excluding hydrogens is 480 g/mol. The molecule has 6 rings (SSSR count). The van der Waals surface area contributed by atoms with Crippen molar-refractivity contribution in [2.24, 2.45) is 0 Å². The number of fused-ring (bicyclic) bond motifs is 2. The van der Waals surface area contributed by atoms with E-state index in [2.05, 4.69) is 5.32 Å². The maximum absolute atomic E-state index is 14.0. The van der Waals surface area contributed by atoms with Gasteiger partial charge in [-0.2, -0.15) is 0 Å². The fourth-order valence-electron chi connectivity index (χ4n) is 5.04. The summed E-state index contributed by atoms with van der Waals surface area (Å²) in [5, 5.41) is 16.0. The van der Waals surface area contributed by atoms with Crippen molar-refractivity contribution in [1.29, 1.82) is 0 Å². The zero-order chi connectivity index (χ0) is 25.0. The number of para-hydroxylation sites is 1. The normalized spacial score (nSPS) is 22.8. The molecule has 7 nitrogen and oxygen atoms in total. The Bertz CT molecular complexity index is 1510. The van der Waals surface area contributed by atoms with Crippen LogP contribution in [0.5, 0.6) is 5.75 Å². The summed E-state index contributed by atoms with van der Waals surface area (Å²) in [7, 11) is 0. The fourth-order valence-corrected chi connectivity index (χ4v) is 5.17. The van der Waals surface area contributed by atoms with Crippen molar-refractivity contribution in [2.75, 3.05) is 13.1 Å². The Labute approximate surface area is 211 Å². The second kappa shape index (κ2) is 8.19. The van der Waals surface area contributed by atoms with E-state index >= 15 is 0 Å². The molecule has 8 heteroatoms. The summed E-state index contributed by atoms with van der Waals surface area (Å²) in [5.41, 5.74) is -1.51.